The van der Waals surface area contributed by atoms with Crippen molar-refractivity contribution in [2.24, 2.45) is 0 Å². The van der Waals surface area contributed by atoms with E-state index in [1.165, 1.54) is 11.3 Å². The van der Waals surface area contributed by atoms with Crippen LogP contribution >= 0.6 is 11.3 Å². The average Bonchev–Trinajstić information content (AvgIpc) is 2.96. The Balaban J connectivity index is 2.28. The molecule has 1 unspecified atom stereocenters. The first-order valence-corrected chi connectivity index (χ1v) is 7.02. The minimum atomic E-state index is -0.749. The molecular weight excluding hydrogens is 282 g/mol. The molecule has 2 aromatic rings. The Morgan fingerprint density at radius 2 is 2.20 bits per heavy atom. The monoisotopic (exact) mass is 296 g/mol. The fraction of sp³-hybridized carbons (Fsp3) is 0.286. The second kappa shape index (κ2) is 5.66. The normalized spacial score (nSPS) is 13.8. The van der Waals surface area contributed by atoms with E-state index in [1.807, 2.05) is 6.92 Å². The van der Waals surface area contributed by atoms with Gasteiger partial charge in [0.2, 0.25) is 0 Å². The van der Waals surface area contributed by atoms with E-state index < -0.39 is 23.1 Å². The molecule has 1 amide bonds. The largest absolute Gasteiger partial charge is 0.340 e. The van der Waals surface area contributed by atoms with E-state index in [1.54, 1.807) is 18.5 Å². The van der Waals surface area contributed by atoms with Crippen LogP contribution in [-0.4, -0.2) is 10.9 Å². The van der Waals surface area contributed by atoms with Crippen LogP contribution in [0, 0.1) is 11.6 Å². The highest BCUT2D eigenvalue weighted by Crippen LogP contribution is 2.27. The average molecular weight is 296 g/mol. The molecule has 1 aromatic carbocycles. The maximum atomic E-state index is 13.6. The van der Waals surface area contributed by atoms with Crippen LogP contribution < -0.4 is 5.32 Å². The lowest BCUT2D eigenvalue weighted by Crippen LogP contribution is -2.43. The maximum absolute atomic E-state index is 13.6. The predicted molar refractivity (Wildman–Crippen MR) is 73.6 cm³/mol. The Morgan fingerprint density at radius 1 is 1.45 bits per heavy atom. The van der Waals surface area contributed by atoms with Gasteiger partial charge in [-0.15, -0.1) is 11.3 Å². The Morgan fingerprint density at radius 3 is 2.80 bits per heavy atom. The third-order valence-electron chi connectivity index (χ3n) is 3.17. The van der Waals surface area contributed by atoms with E-state index >= 15 is 0 Å². The van der Waals surface area contributed by atoms with Crippen LogP contribution in [0.2, 0.25) is 0 Å². The fourth-order valence-electron chi connectivity index (χ4n) is 1.78. The van der Waals surface area contributed by atoms with E-state index in [0.717, 1.165) is 23.2 Å². The highest BCUT2D eigenvalue weighted by molar-refractivity contribution is 7.09. The summed E-state index contributed by atoms with van der Waals surface area (Å²) in [4.78, 5) is 16.3. The van der Waals surface area contributed by atoms with Gasteiger partial charge >= 0.3 is 0 Å². The van der Waals surface area contributed by atoms with Gasteiger partial charge in [-0.3, -0.25) is 4.79 Å². The zero-order chi connectivity index (χ0) is 14.8. The summed E-state index contributed by atoms with van der Waals surface area (Å²) >= 11 is 1.41. The molecule has 1 N–H and O–H groups in total. The second-order valence-electron chi connectivity index (χ2n) is 4.60. The SMILES string of the molecule is CCC(C)(NC(=O)c1cc(F)ccc1F)c1nccs1. The lowest BCUT2D eigenvalue weighted by molar-refractivity contribution is 0.0897. The van der Waals surface area contributed by atoms with Crippen molar-refractivity contribution in [3.05, 3.63) is 52.0 Å². The molecule has 0 saturated heterocycles. The van der Waals surface area contributed by atoms with Gasteiger partial charge in [0.25, 0.3) is 5.91 Å². The number of nitrogens with one attached hydrogen (secondary N) is 1. The van der Waals surface area contributed by atoms with Crippen LogP contribution in [0.1, 0.15) is 35.6 Å². The number of amides is 1. The summed E-state index contributed by atoms with van der Waals surface area (Å²) in [6, 6.07) is 2.81. The van der Waals surface area contributed by atoms with Gasteiger partial charge < -0.3 is 5.32 Å². The molecule has 6 heteroatoms. The summed E-state index contributed by atoms with van der Waals surface area (Å²) in [5, 5.41) is 5.26. The smallest absolute Gasteiger partial charge is 0.255 e. The highest BCUT2D eigenvalue weighted by atomic mass is 32.1. The minimum Gasteiger partial charge on any atom is -0.340 e. The first-order chi connectivity index (χ1) is 9.46. The first kappa shape index (κ1) is 14.6. The number of aromatic nitrogens is 1. The van der Waals surface area contributed by atoms with E-state index in [4.69, 9.17) is 0 Å². The number of carbonyl (C=O) groups excluding carboxylic acids is 1. The molecule has 2 rings (SSSR count). The summed E-state index contributed by atoms with van der Waals surface area (Å²) < 4.78 is 26.7. The molecule has 20 heavy (non-hydrogen) atoms. The number of rotatable bonds is 4. The summed E-state index contributed by atoms with van der Waals surface area (Å²) in [5.74, 6) is -2.05. The Bertz CT molecular complexity index is 616. The van der Waals surface area contributed by atoms with Crippen molar-refractivity contribution in [3.63, 3.8) is 0 Å². The number of nitrogens with zero attached hydrogens (tertiary/aromatic N) is 1. The number of carbonyl (C=O) groups is 1. The topological polar surface area (TPSA) is 42.0 Å². The molecule has 3 nitrogen and oxygen atoms in total. The van der Waals surface area contributed by atoms with Gasteiger partial charge in [-0.1, -0.05) is 6.92 Å². The molecule has 0 spiro atoms. The van der Waals surface area contributed by atoms with Crippen LogP contribution in [0.25, 0.3) is 0 Å². The quantitative estimate of drug-likeness (QED) is 0.938. The van der Waals surface area contributed by atoms with Crippen molar-refractivity contribution in [3.8, 4) is 0 Å². The van der Waals surface area contributed by atoms with Crippen LogP contribution in [0.3, 0.4) is 0 Å². The van der Waals surface area contributed by atoms with Crippen molar-refractivity contribution in [2.75, 3.05) is 0 Å². The molecule has 0 aliphatic heterocycles. The molecule has 0 aliphatic carbocycles. The Kier molecular flexibility index (Phi) is 4.13. The fourth-order valence-corrected chi connectivity index (χ4v) is 2.61. The molecular formula is C14H14F2N2OS. The lowest BCUT2D eigenvalue weighted by atomic mass is 9.99. The molecule has 1 aromatic heterocycles. The Labute approximate surface area is 119 Å². The van der Waals surface area contributed by atoms with E-state index in [9.17, 15) is 13.6 Å². The number of hydrogen-bond acceptors (Lipinski definition) is 3. The zero-order valence-corrected chi connectivity index (χ0v) is 11.9. The van der Waals surface area contributed by atoms with Gasteiger partial charge in [-0.25, -0.2) is 13.8 Å². The van der Waals surface area contributed by atoms with Crippen molar-refractivity contribution in [2.45, 2.75) is 25.8 Å². The number of halogens is 2. The van der Waals surface area contributed by atoms with Gasteiger partial charge in [0.05, 0.1) is 11.1 Å². The standard InChI is InChI=1S/C14H14F2N2OS/c1-3-14(2,13-17-6-7-20-13)18-12(19)10-8-9(15)4-5-11(10)16/h4-8H,3H2,1-2H3,(H,18,19). The van der Waals surface area contributed by atoms with Gasteiger partial charge in [-0.2, -0.15) is 0 Å². The maximum Gasteiger partial charge on any atom is 0.255 e. The third kappa shape index (κ3) is 2.85. The zero-order valence-electron chi connectivity index (χ0n) is 11.1. The molecule has 106 valence electrons. The van der Waals surface area contributed by atoms with Crippen LogP contribution in [0.15, 0.2) is 29.8 Å². The molecule has 0 aliphatic rings. The lowest BCUT2D eigenvalue weighted by Gasteiger charge is -2.27. The van der Waals surface area contributed by atoms with Gasteiger partial charge in [-0.05, 0) is 31.5 Å². The summed E-state index contributed by atoms with van der Waals surface area (Å²) in [7, 11) is 0. The van der Waals surface area contributed by atoms with E-state index in [0.29, 0.717) is 6.42 Å². The van der Waals surface area contributed by atoms with Gasteiger partial charge in [0, 0.05) is 11.6 Å². The molecule has 0 saturated carbocycles. The first-order valence-electron chi connectivity index (χ1n) is 6.14. The van der Waals surface area contributed by atoms with Crippen LogP contribution in [-0.2, 0) is 5.54 Å². The highest BCUT2D eigenvalue weighted by Gasteiger charge is 2.30. The predicted octanol–water partition coefficient (Wildman–Crippen LogP) is 3.48. The molecule has 1 atom stereocenters. The molecule has 0 fully saturated rings. The second-order valence-corrected chi connectivity index (χ2v) is 5.50. The third-order valence-corrected chi connectivity index (χ3v) is 4.21. The van der Waals surface area contributed by atoms with E-state index in [-0.39, 0.29) is 5.56 Å². The number of benzene rings is 1. The van der Waals surface area contributed by atoms with Crippen molar-refractivity contribution in [1.29, 1.82) is 0 Å². The Hall–Kier alpha value is -1.82. The van der Waals surface area contributed by atoms with E-state index in [2.05, 4.69) is 10.3 Å². The molecule has 0 bridgehead atoms. The minimum absolute atomic E-state index is 0.304. The number of hydrogen-bond donors (Lipinski definition) is 1. The van der Waals surface area contributed by atoms with Crippen molar-refractivity contribution >= 4 is 17.2 Å². The van der Waals surface area contributed by atoms with Crippen LogP contribution in [0.5, 0.6) is 0 Å². The molecule has 1 heterocycles. The van der Waals surface area contributed by atoms with Gasteiger partial charge in [0.15, 0.2) is 0 Å². The summed E-state index contributed by atoms with van der Waals surface area (Å²) in [5.41, 5.74) is -1.01. The van der Waals surface area contributed by atoms with Crippen LogP contribution in [0.4, 0.5) is 8.78 Å². The summed E-state index contributed by atoms with van der Waals surface area (Å²) in [6.07, 6.45) is 2.23. The van der Waals surface area contributed by atoms with Crippen molar-refractivity contribution < 1.29 is 13.6 Å². The summed E-state index contributed by atoms with van der Waals surface area (Å²) in [6.45, 7) is 3.70. The number of thiazole rings is 1. The van der Waals surface area contributed by atoms with Crippen molar-refractivity contribution in [1.82, 2.24) is 10.3 Å². The van der Waals surface area contributed by atoms with Gasteiger partial charge in [0.1, 0.15) is 16.6 Å². The molecule has 0 radical (unpaired) electrons.